The van der Waals surface area contributed by atoms with Gasteiger partial charge in [-0.25, -0.2) is 4.39 Å². The maximum absolute atomic E-state index is 14.0. The third-order valence-electron chi connectivity index (χ3n) is 2.93. The molecular weight excluding hydrogens is 281 g/mol. The predicted octanol–water partition coefficient (Wildman–Crippen LogP) is 3.89. The number of hydrogen-bond acceptors (Lipinski definition) is 3. The second kappa shape index (κ2) is 6.11. The summed E-state index contributed by atoms with van der Waals surface area (Å²) in [6, 6.07) is 8.77. The van der Waals surface area contributed by atoms with Gasteiger partial charge in [0.2, 0.25) is 0 Å². The van der Waals surface area contributed by atoms with Crippen molar-refractivity contribution in [2.24, 2.45) is 0 Å². The number of phenolic OH excluding ortho intramolecular Hbond substituents is 1. The third-order valence-corrected chi connectivity index (χ3v) is 3.16. The molecule has 0 spiro atoms. The summed E-state index contributed by atoms with van der Waals surface area (Å²) in [5, 5.41) is 10.0. The average Bonchev–Trinajstić information content (AvgIpc) is 2.40. The highest BCUT2D eigenvalue weighted by Gasteiger charge is 2.21. The van der Waals surface area contributed by atoms with E-state index in [0.717, 1.165) is 0 Å². The molecule has 0 aliphatic rings. The van der Waals surface area contributed by atoms with E-state index in [-0.39, 0.29) is 11.3 Å². The first-order chi connectivity index (χ1) is 9.52. The molecule has 3 N–H and O–H groups in total. The smallest absolute Gasteiger partial charge is 0.129 e. The van der Waals surface area contributed by atoms with Crippen LogP contribution in [0.2, 0.25) is 5.02 Å². The standard InChI is InChI=1S/C15H15ClFNO2/c1-2-20-15(11-5-3-9(16)7-14(11)18)12-8-10(19)4-6-13(12)17/h3-8,15,19H,2,18H2,1H3. The monoisotopic (exact) mass is 295 g/mol. The normalized spacial score (nSPS) is 12.3. The molecular formula is C15H15ClFNO2. The van der Waals surface area contributed by atoms with Gasteiger partial charge in [0, 0.05) is 28.4 Å². The molecule has 0 bridgehead atoms. The summed E-state index contributed by atoms with van der Waals surface area (Å²) in [7, 11) is 0. The average molecular weight is 296 g/mol. The van der Waals surface area contributed by atoms with Gasteiger partial charge in [-0.3, -0.25) is 0 Å². The van der Waals surface area contributed by atoms with E-state index in [1.165, 1.54) is 18.2 Å². The summed E-state index contributed by atoms with van der Waals surface area (Å²) >= 11 is 5.87. The topological polar surface area (TPSA) is 55.5 Å². The van der Waals surface area contributed by atoms with E-state index in [9.17, 15) is 9.50 Å². The molecule has 0 saturated carbocycles. The zero-order valence-corrected chi connectivity index (χ0v) is 11.7. The Kier molecular flexibility index (Phi) is 4.47. The van der Waals surface area contributed by atoms with Crippen molar-refractivity contribution < 1.29 is 14.2 Å². The number of nitrogen functional groups attached to an aromatic ring is 1. The van der Waals surface area contributed by atoms with Gasteiger partial charge in [-0.15, -0.1) is 0 Å². The number of phenols is 1. The summed E-state index contributed by atoms with van der Waals surface area (Å²) < 4.78 is 19.6. The van der Waals surface area contributed by atoms with Crippen molar-refractivity contribution in [3.05, 3.63) is 58.4 Å². The second-order valence-corrected chi connectivity index (χ2v) is 4.75. The van der Waals surface area contributed by atoms with E-state index in [2.05, 4.69) is 0 Å². The minimum Gasteiger partial charge on any atom is -0.508 e. The van der Waals surface area contributed by atoms with Gasteiger partial charge in [0.25, 0.3) is 0 Å². The summed E-state index contributed by atoms with van der Waals surface area (Å²) in [4.78, 5) is 0. The predicted molar refractivity (Wildman–Crippen MR) is 77.4 cm³/mol. The maximum atomic E-state index is 14.0. The SMILES string of the molecule is CCOC(c1ccc(Cl)cc1N)c1cc(O)ccc1F. The highest BCUT2D eigenvalue weighted by molar-refractivity contribution is 6.30. The number of halogens is 2. The first-order valence-corrected chi connectivity index (χ1v) is 6.55. The van der Waals surface area contributed by atoms with Crippen molar-refractivity contribution in [3.8, 4) is 5.75 Å². The zero-order valence-electron chi connectivity index (χ0n) is 10.9. The molecule has 5 heteroatoms. The fourth-order valence-electron chi connectivity index (χ4n) is 2.03. The molecule has 0 aliphatic carbocycles. The van der Waals surface area contributed by atoms with E-state index < -0.39 is 11.9 Å². The Hall–Kier alpha value is -1.78. The fourth-order valence-corrected chi connectivity index (χ4v) is 2.21. The number of anilines is 1. The Balaban J connectivity index is 2.53. The summed E-state index contributed by atoms with van der Waals surface area (Å²) in [6.07, 6.45) is -0.690. The van der Waals surface area contributed by atoms with Crippen LogP contribution in [0.1, 0.15) is 24.2 Å². The second-order valence-electron chi connectivity index (χ2n) is 4.31. The van der Waals surface area contributed by atoms with E-state index in [4.69, 9.17) is 22.1 Å². The Morgan fingerprint density at radius 3 is 2.65 bits per heavy atom. The minimum atomic E-state index is -0.690. The van der Waals surface area contributed by atoms with Crippen LogP contribution in [0.25, 0.3) is 0 Å². The quantitative estimate of drug-likeness (QED) is 0.841. The van der Waals surface area contributed by atoms with Gasteiger partial charge in [0.05, 0.1) is 0 Å². The van der Waals surface area contributed by atoms with E-state index in [1.807, 2.05) is 0 Å². The Morgan fingerprint density at radius 1 is 1.25 bits per heavy atom. The van der Waals surface area contributed by atoms with E-state index >= 15 is 0 Å². The number of ether oxygens (including phenoxy) is 1. The van der Waals surface area contributed by atoms with Crippen molar-refractivity contribution in [3.63, 3.8) is 0 Å². The van der Waals surface area contributed by atoms with E-state index in [0.29, 0.717) is 22.9 Å². The van der Waals surface area contributed by atoms with Gasteiger partial charge in [0.1, 0.15) is 17.7 Å². The number of rotatable bonds is 4. The molecule has 0 heterocycles. The van der Waals surface area contributed by atoms with Crippen LogP contribution in [0.4, 0.5) is 10.1 Å². The van der Waals surface area contributed by atoms with Crippen LogP contribution in [-0.4, -0.2) is 11.7 Å². The number of benzene rings is 2. The largest absolute Gasteiger partial charge is 0.508 e. The molecule has 1 unspecified atom stereocenters. The lowest BCUT2D eigenvalue weighted by atomic mass is 9.99. The molecule has 0 radical (unpaired) electrons. The van der Waals surface area contributed by atoms with Crippen LogP contribution >= 0.6 is 11.6 Å². The van der Waals surface area contributed by atoms with Gasteiger partial charge in [0.15, 0.2) is 0 Å². The number of nitrogens with two attached hydrogens (primary N) is 1. The Labute approximate surface area is 121 Å². The van der Waals surface area contributed by atoms with Crippen molar-refractivity contribution in [1.29, 1.82) is 0 Å². The summed E-state index contributed by atoms with van der Waals surface area (Å²) in [6.45, 7) is 2.18. The van der Waals surface area contributed by atoms with Crippen molar-refractivity contribution in [2.75, 3.05) is 12.3 Å². The molecule has 0 fully saturated rings. The van der Waals surface area contributed by atoms with Crippen LogP contribution in [0.5, 0.6) is 5.75 Å². The molecule has 1 atom stereocenters. The van der Waals surface area contributed by atoms with Gasteiger partial charge in [-0.05, 0) is 37.3 Å². The number of hydrogen-bond donors (Lipinski definition) is 2. The Morgan fingerprint density at radius 2 is 2.00 bits per heavy atom. The molecule has 0 saturated heterocycles. The lowest BCUT2D eigenvalue weighted by Crippen LogP contribution is -2.10. The first-order valence-electron chi connectivity index (χ1n) is 6.18. The highest BCUT2D eigenvalue weighted by Crippen LogP contribution is 2.34. The maximum Gasteiger partial charge on any atom is 0.129 e. The van der Waals surface area contributed by atoms with E-state index in [1.54, 1.807) is 25.1 Å². The molecule has 2 rings (SSSR count). The van der Waals surface area contributed by atoms with Gasteiger partial charge in [-0.2, -0.15) is 0 Å². The molecule has 0 aliphatic heterocycles. The molecule has 3 nitrogen and oxygen atoms in total. The summed E-state index contributed by atoms with van der Waals surface area (Å²) in [5.41, 5.74) is 7.19. The molecule has 0 amide bonds. The minimum absolute atomic E-state index is 0.0290. The van der Waals surface area contributed by atoms with Crippen LogP contribution in [0.3, 0.4) is 0 Å². The van der Waals surface area contributed by atoms with Gasteiger partial charge < -0.3 is 15.6 Å². The lowest BCUT2D eigenvalue weighted by Gasteiger charge is -2.20. The zero-order chi connectivity index (χ0) is 14.7. The van der Waals surface area contributed by atoms with Crippen LogP contribution in [0, 0.1) is 5.82 Å². The van der Waals surface area contributed by atoms with Crippen LogP contribution in [-0.2, 0) is 4.74 Å². The molecule has 0 aromatic heterocycles. The van der Waals surface area contributed by atoms with Gasteiger partial charge >= 0.3 is 0 Å². The number of aromatic hydroxyl groups is 1. The van der Waals surface area contributed by atoms with Crippen molar-refractivity contribution in [2.45, 2.75) is 13.0 Å². The van der Waals surface area contributed by atoms with Gasteiger partial charge in [-0.1, -0.05) is 17.7 Å². The van der Waals surface area contributed by atoms with Crippen molar-refractivity contribution in [1.82, 2.24) is 0 Å². The van der Waals surface area contributed by atoms with Crippen LogP contribution < -0.4 is 5.73 Å². The summed E-state index contributed by atoms with van der Waals surface area (Å²) in [5.74, 6) is -0.491. The van der Waals surface area contributed by atoms with Crippen LogP contribution in [0.15, 0.2) is 36.4 Å². The molecule has 2 aromatic rings. The fraction of sp³-hybridized carbons (Fsp3) is 0.200. The Bertz CT molecular complexity index is 619. The molecule has 2 aromatic carbocycles. The third kappa shape index (κ3) is 3.03. The molecule has 106 valence electrons. The first kappa shape index (κ1) is 14.6. The highest BCUT2D eigenvalue weighted by atomic mass is 35.5. The van der Waals surface area contributed by atoms with Crippen molar-refractivity contribution >= 4 is 17.3 Å². The molecule has 20 heavy (non-hydrogen) atoms. The lowest BCUT2D eigenvalue weighted by molar-refractivity contribution is 0.0890.